The smallest absolute Gasteiger partial charge is 0.337 e. The first-order chi connectivity index (χ1) is 12.9. The fourth-order valence-corrected chi connectivity index (χ4v) is 2.92. The molecule has 0 fully saturated rings. The van der Waals surface area contributed by atoms with Crippen LogP contribution in [0.3, 0.4) is 0 Å². The maximum Gasteiger partial charge on any atom is 0.337 e. The number of fused-ring (bicyclic) bond motifs is 1. The molecule has 3 rings (SSSR count). The number of carbonyl (C=O) groups excluding carboxylic acids is 3. The lowest BCUT2D eigenvalue weighted by molar-refractivity contribution is -0.110. The van der Waals surface area contributed by atoms with E-state index in [9.17, 15) is 14.4 Å². The Balaban J connectivity index is 1.71. The molecular weight excluding hydrogens is 370 g/mol. The van der Waals surface area contributed by atoms with E-state index in [1.807, 2.05) is 0 Å². The lowest BCUT2D eigenvalue weighted by Crippen LogP contribution is -2.15. The summed E-state index contributed by atoms with van der Waals surface area (Å²) in [5, 5.41) is 3.20. The molecule has 1 heterocycles. The standard InChI is InChI=1S/C19H16ClN3O4/c1-27-19(26)10-2-4-12(14(21)8-10)16(24)6-7-22-17-13-5-3-11(20)9-15(13)23-18(17)25/h2-5,8-9H,6-7,21H2,1H3,(H,22,23,25). The zero-order valence-corrected chi connectivity index (χ0v) is 15.2. The minimum atomic E-state index is -0.530. The first-order valence-electron chi connectivity index (χ1n) is 8.07. The molecule has 0 aromatic heterocycles. The normalized spacial score (nSPS) is 14.0. The number of methoxy groups -OCH3 is 1. The van der Waals surface area contributed by atoms with Crippen LogP contribution >= 0.6 is 11.6 Å². The van der Waals surface area contributed by atoms with Crippen molar-refractivity contribution in [3.63, 3.8) is 0 Å². The number of ketones is 1. The molecule has 2 aromatic rings. The van der Waals surface area contributed by atoms with Crippen molar-refractivity contribution in [1.29, 1.82) is 0 Å². The van der Waals surface area contributed by atoms with E-state index < -0.39 is 5.97 Å². The van der Waals surface area contributed by atoms with E-state index in [0.29, 0.717) is 21.8 Å². The Hall–Kier alpha value is -3.19. The number of nitrogen functional groups attached to an aromatic ring is 1. The highest BCUT2D eigenvalue weighted by atomic mass is 35.5. The molecule has 3 N–H and O–H groups in total. The van der Waals surface area contributed by atoms with Crippen LogP contribution in [0.5, 0.6) is 0 Å². The predicted molar refractivity (Wildman–Crippen MR) is 103 cm³/mol. The van der Waals surface area contributed by atoms with Crippen molar-refractivity contribution in [2.45, 2.75) is 6.42 Å². The summed E-state index contributed by atoms with van der Waals surface area (Å²) in [7, 11) is 1.27. The fourth-order valence-electron chi connectivity index (χ4n) is 2.75. The molecule has 2 aromatic carbocycles. The highest BCUT2D eigenvalue weighted by Crippen LogP contribution is 2.27. The monoisotopic (exact) mass is 385 g/mol. The van der Waals surface area contributed by atoms with E-state index in [-0.39, 0.29) is 41.6 Å². The third-order valence-corrected chi connectivity index (χ3v) is 4.32. The van der Waals surface area contributed by atoms with Crippen LogP contribution in [-0.2, 0) is 9.53 Å². The van der Waals surface area contributed by atoms with Gasteiger partial charge >= 0.3 is 5.97 Å². The van der Waals surface area contributed by atoms with Crippen molar-refractivity contribution in [3.8, 4) is 0 Å². The highest BCUT2D eigenvalue weighted by Gasteiger charge is 2.25. The van der Waals surface area contributed by atoms with E-state index in [1.54, 1.807) is 18.2 Å². The van der Waals surface area contributed by atoms with Crippen molar-refractivity contribution in [1.82, 2.24) is 0 Å². The maximum atomic E-state index is 12.4. The number of aliphatic imine (C=N–C) groups is 1. The number of ether oxygens (including phenoxy) is 1. The maximum absolute atomic E-state index is 12.4. The van der Waals surface area contributed by atoms with Crippen LogP contribution in [-0.4, -0.2) is 37.0 Å². The molecule has 1 aliphatic heterocycles. The van der Waals surface area contributed by atoms with Crippen LogP contribution in [0.2, 0.25) is 5.02 Å². The number of amides is 1. The van der Waals surface area contributed by atoms with Crippen molar-refractivity contribution in [2.24, 2.45) is 4.99 Å². The van der Waals surface area contributed by atoms with Gasteiger partial charge in [-0.05, 0) is 36.4 Å². The van der Waals surface area contributed by atoms with Gasteiger partial charge in [0.15, 0.2) is 5.78 Å². The van der Waals surface area contributed by atoms with Gasteiger partial charge in [0.05, 0.1) is 18.4 Å². The Kier molecular flexibility index (Phi) is 5.23. The minimum Gasteiger partial charge on any atom is -0.465 e. The van der Waals surface area contributed by atoms with E-state index >= 15 is 0 Å². The van der Waals surface area contributed by atoms with Gasteiger partial charge in [0.25, 0.3) is 5.91 Å². The summed E-state index contributed by atoms with van der Waals surface area (Å²) in [6.45, 7) is 0.127. The Morgan fingerprint density at radius 1 is 1.22 bits per heavy atom. The summed E-state index contributed by atoms with van der Waals surface area (Å²) in [6.07, 6.45) is 0.0709. The van der Waals surface area contributed by atoms with Gasteiger partial charge in [0, 0.05) is 34.8 Å². The molecule has 0 spiro atoms. The molecule has 27 heavy (non-hydrogen) atoms. The van der Waals surface area contributed by atoms with Crippen LogP contribution < -0.4 is 11.1 Å². The van der Waals surface area contributed by atoms with E-state index in [1.165, 1.54) is 25.3 Å². The lowest BCUT2D eigenvalue weighted by Gasteiger charge is -2.06. The molecule has 1 aliphatic rings. The van der Waals surface area contributed by atoms with Gasteiger partial charge in [-0.25, -0.2) is 4.79 Å². The van der Waals surface area contributed by atoms with Crippen LogP contribution in [0.25, 0.3) is 0 Å². The Morgan fingerprint density at radius 2 is 2.00 bits per heavy atom. The molecule has 0 atom stereocenters. The number of esters is 1. The second kappa shape index (κ2) is 7.59. The molecule has 0 bridgehead atoms. The van der Waals surface area contributed by atoms with Gasteiger partial charge in [-0.2, -0.15) is 0 Å². The summed E-state index contributed by atoms with van der Waals surface area (Å²) in [6, 6.07) is 9.38. The number of benzene rings is 2. The molecule has 1 amide bonds. The Morgan fingerprint density at radius 3 is 2.70 bits per heavy atom. The third-order valence-electron chi connectivity index (χ3n) is 4.08. The summed E-state index contributed by atoms with van der Waals surface area (Å²) in [5.41, 5.74) is 8.14. The number of hydrogen-bond acceptors (Lipinski definition) is 6. The fraction of sp³-hybridized carbons (Fsp3) is 0.158. The van der Waals surface area contributed by atoms with Gasteiger partial charge in [0.1, 0.15) is 5.71 Å². The number of Topliss-reactive ketones (excluding diaryl/α,β-unsaturated/α-hetero) is 1. The zero-order chi connectivity index (χ0) is 19.6. The van der Waals surface area contributed by atoms with Crippen molar-refractivity contribution in [2.75, 3.05) is 24.7 Å². The number of rotatable bonds is 5. The van der Waals surface area contributed by atoms with Gasteiger partial charge in [-0.3, -0.25) is 14.6 Å². The summed E-state index contributed by atoms with van der Waals surface area (Å²) >= 11 is 5.91. The van der Waals surface area contributed by atoms with Crippen LogP contribution in [0.4, 0.5) is 11.4 Å². The Bertz CT molecular complexity index is 985. The van der Waals surface area contributed by atoms with Crippen molar-refractivity contribution >= 4 is 46.3 Å². The number of nitrogens with zero attached hydrogens (tertiary/aromatic N) is 1. The summed E-state index contributed by atoms with van der Waals surface area (Å²) < 4.78 is 4.62. The van der Waals surface area contributed by atoms with Gasteiger partial charge < -0.3 is 15.8 Å². The molecule has 8 heteroatoms. The number of nitrogens with one attached hydrogen (secondary N) is 1. The molecule has 0 saturated carbocycles. The number of carbonyl (C=O) groups is 3. The van der Waals surface area contributed by atoms with Crippen LogP contribution in [0.1, 0.15) is 32.7 Å². The molecule has 138 valence electrons. The second-order valence-corrected chi connectivity index (χ2v) is 6.28. The second-order valence-electron chi connectivity index (χ2n) is 5.84. The molecule has 0 aliphatic carbocycles. The molecular formula is C19H16ClN3O4. The minimum absolute atomic E-state index is 0.0709. The predicted octanol–water partition coefficient (Wildman–Crippen LogP) is 2.72. The number of halogens is 1. The number of hydrogen-bond donors (Lipinski definition) is 2. The molecule has 0 radical (unpaired) electrons. The number of anilines is 2. The average molecular weight is 386 g/mol. The van der Waals surface area contributed by atoms with E-state index in [2.05, 4.69) is 15.0 Å². The first kappa shape index (κ1) is 18.6. The van der Waals surface area contributed by atoms with Gasteiger partial charge in [0.2, 0.25) is 0 Å². The van der Waals surface area contributed by atoms with Gasteiger partial charge in [-0.15, -0.1) is 0 Å². The van der Waals surface area contributed by atoms with E-state index in [4.69, 9.17) is 17.3 Å². The van der Waals surface area contributed by atoms with Crippen LogP contribution in [0, 0.1) is 0 Å². The average Bonchev–Trinajstić information content (AvgIpc) is 2.95. The molecule has 0 unspecified atom stereocenters. The largest absolute Gasteiger partial charge is 0.465 e. The first-order valence-corrected chi connectivity index (χ1v) is 8.45. The number of nitrogens with two attached hydrogens (primary N) is 1. The van der Waals surface area contributed by atoms with Crippen molar-refractivity contribution in [3.05, 3.63) is 58.1 Å². The quantitative estimate of drug-likeness (QED) is 0.467. The summed E-state index contributed by atoms with van der Waals surface area (Å²) in [5.74, 6) is -1.09. The highest BCUT2D eigenvalue weighted by molar-refractivity contribution is 6.54. The van der Waals surface area contributed by atoms with Crippen molar-refractivity contribution < 1.29 is 19.1 Å². The van der Waals surface area contributed by atoms with Gasteiger partial charge in [-0.1, -0.05) is 11.6 Å². The third kappa shape index (κ3) is 3.83. The molecule has 7 nitrogen and oxygen atoms in total. The SMILES string of the molecule is COC(=O)c1ccc(C(=O)CC/N=C2/C(=O)Nc3cc(Cl)ccc32)c(N)c1. The molecule has 0 saturated heterocycles. The Labute approximate surface area is 160 Å². The topological polar surface area (TPSA) is 111 Å². The lowest BCUT2D eigenvalue weighted by atomic mass is 10.0. The summed E-state index contributed by atoms with van der Waals surface area (Å²) in [4.78, 5) is 40.2. The van der Waals surface area contributed by atoms with E-state index in [0.717, 1.165) is 0 Å². The zero-order valence-electron chi connectivity index (χ0n) is 14.4. The van der Waals surface area contributed by atoms with Crippen LogP contribution in [0.15, 0.2) is 41.4 Å².